The summed E-state index contributed by atoms with van der Waals surface area (Å²) in [6, 6.07) is 0.757. The van der Waals surface area contributed by atoms with Gasteiger partial charge in [-0.15, -0.1) is 0 Å². The van der Waals surface area contributed by atoms with E-state index in [9.17, 15) is 9.59 Å². The van der Waals surface area contributed by atoms with Crippen LogP contribution in [0.1, 0.15) is 57.2 Å². The summed E-state index contributed by atoms with van der Waals surface area (Å²) in [5.41, 5.74) is 0.900. The van der Waals surface area contributed by atoms with E-state index < -0.39 is 17.9 Å². The second-order valence-electron chi connectivity index (χ2n) is 6.09. The van der Waals surface area contributed by atoms with Gasteiger partial charge in [-0.1, -0.05) is 41.0 Å². The van der Waals surface area contributed by atoms with Crippen molar-refractivity contribution < 1.29 is 14.7 Å². The summed E-state index contributed by atoms with van der Waals surface area (Å²) in [6.07, 6.45) is 0.672. The highest BCUT2D eigenvalue weighted by atomic mass is 16.4. The standard InChI is InChI=1S/C14H23N3O3/c1-6-8(2)11(13(19)20)15-12(18)9-7-10(17-16-9)14(3,4)5/h7-8,11H,6H2,1-5H3,(H,15,18)(H,16,17)(H,19,20). The van der Waals surface area contributed by atoms with Gasteiger partial charge in [0, 0.05) is 11.1 Å². The summed E-state index contributed by atoms with van der Waals surface area (Å²) in [4.78, 5) is 23.3. The molecule has 20 heavy (non-hydrogen) atoms. The third-order valence-corrected chi connectivity index (χ3v) is 3.38. The van der Waals surface area contributed by atoms with E-state index in [4.69, 9.17) is 5.11 Å². The van der Waals surface area contributed by atoms with Gasteiger partial charge >= 0.3 is 5.97 Å². The van der Waals surface area contributed by atoms with Crippen molar-refractivity contribution in [2.24, 2.45) is 5.92 Å². The van der Waals surface area contributed by atoms with Crippen LogP contribution in [0.5, 0.6) is 0 Å². The van der Waals surface area contributed by atoms with E-state index >= 15 is 0 Å². The van der Waals surface area contributed by atoms with Crippen LogP contribution in [0.4, 0.5) is 0 Å². The number of aromatic nitrogens is 2. The molecule has 2 atom stereocenters. The number of aromatic amines is 1. The quantitative estimate of drug-likeness (QED) is 0.768. The van der Waals surface area contributed by atoms with Crippen LogP contribution < -0.4 is 5.32 Å². The smallest absolute Gasteiger partial charge is 0.326 e. The summed E-state index contributed by atoms with van der Waals surface area (Å²) in [7, 11) is 0. The van der Waals surface area contributed by atoms with Crippen LogP contribution in [0.2, 0.25) is 0 Å². The van der Waals surface area contributed by atoms with Crippen LogP contribution in [-0.4, -0.2) is 33.2 Å². The van der Waals surface area contributed by atoms with Crippen LogP contribution in [-0.2, 0) is 10.2 Å². The molecule has 1 aromatic rings. The zero-order chi connectivity index (χ0) is 15.5. The summed E-state index contributed by atoms with van der Waals surface area (Å²) < 4.78 is 0. The van der Waals surface area contributed by atoms with E-state index in [0.29, 0.717) is 6.42 Å². The third-order valence-electron chi connectivity index (χ3n) is 3.38. The molecule has 0 aliphatic rings. The molecule has 112 valence electrons. The van der Waals surface area contributed by atoms with Gasteiger partial charge in [0.2, 0.25) is 0 Å². The van der Waals surface area contributed by atoms with Gasteiger partial charge < -0.3 is 10.4 Å². The molecule has 1 heterocycles. The number of carboxylic acid groups (broad SMARTS) is 1. The summed E-state index contributed by atoms with van der Waals surface area (Å²) >= 11 is 0. The fraction of sp³-hybridized carbons (Fsp3) is 0.643. The number of carbonyl (C=O) groups excluding carboxylic acids is 1. The van der Waals surface area contributed by atoms with Crippen LogP contribution >= 0.6 is 0 Å². The zero-order valence-corrected chi connectivity index (χ0v) is 12.7. The maximum atomic E-state index is 12.1. The molecule has 0 aliphatic heterocycles. The van der Waals surface area contributed by atoms with E-state index in [1.54, 1.807) is 13.0 Å². The second kappa shape index (κ2) is 6.07. The minimum Gasteiger partial charge on any atom is -0.480 e. The normalized spacial score (nSPS) is 14.7. The molecule has 0 aromatic carbocycles. The van der Waals surface area contributed by atoms with Crippen LogP contribution in [0.25, 0.3) is 0 Å². The molecule has 0 aliphatic carbocycles. The van der Waals surface area contributed by atoms with Gasteiger partial charge in [-0.3, -0.25) is 9.89 Å². The van der Waals surface area contributed by atoms with E-state index in [2.05, 4.69) is 15.5 Å². The lowest BCUT2D eigenvalue weighted by Gasteiger charge is -2.19. The van der Waals surface area contributed by atoms with Crippen LogP contribution in [0.3, 0.4) is 0 Å². The van der Waals surface area contributed by atoms with Crippen molar-refractivity contribution in [2.75, 3.05) is 0 Å². The first kappa shape index (κ1) is 16.2. The maximum absolute atomic E-state index is 12.1. The molecule has 1 amide bonds. The molecule has 6 nitrogen and oxygen atoms in total. The van der Waals surface area contributed by atoms with E-state index in [0.717, 1.165) is 5.69 Å². The van der Waals surface area contributed by atoms with E-state index in [-0.39, 0.29) is 17.0 Å². The predicted molar refractivity (Wildman–Crippen MR) is 75.6 cm³/mol. The fourth-order valence-electron chi connectivity index (χ4n) is 1.72. The van der Waals surface area contributed by atoms with Crippen LogP contribution in [0.15, 0.2) is 6.07 Å². The molecule has 0 radical (unpaired) electrons. The maximum Gasteiger partial charge on any atom is 0.326 e. The number of rotatable bonds is 5. The Morgan fingerprint density at radius 3 is 2.45 bits per heavy atom. The van der Waals surface area contributed by atoms with Crippen molar-refractivity contribution in [3.8, 4) is 0 Å². The largest absolute Gasteiger partial charge is 0.480 e. The molecule has 1 aromatic heterocycles. The lowest BCUT2D eigenvalue weighted by atomic mass is 9.92. The highest BCUT2D eigenvalue weighted by Crippen LogP contribution is 2.20. The minimum atomic E-state index is -1.03. The number of nitrogens with zero attached hydrogens (tertiary/aromatic N) is 1. The van der Waals surface area contributed by atoms with Crippen molar-refractivity contribution in [3.05, 3.63) is 17.5 Å². The predicted octanol–water partition coefficient (Wildman–Crippen LogP) is 1.94. The molecule has 0 saturated heterocycles. The molecule has 0 spiro atoms. The molecule has 0 fully saturated rings. The summed E-state index contributed by atoms with van der Waals surface area (Å²) in [5, 5.41) is 18.5. The Balaban J connectivity index is 2.85. The number of carbonyl (C=O) groups is 2. The zero-order valence-electron chi connectivity index (χ0n) is 12.7. The Labute approximate surface area is 119 Å². The summed E-state index contributed by atoms with van der Waals surface area (Å²) in [6.45, 7) is 9.69. The van der Waals surface area contributed by atoms with E-state index in [1.807, 2.05) is 27.7 Å². The van der Waals surface area contributed by atoms with Gasteiger partial charge in [0.15, 0.2) is 0 Å². The Morgan fingerprint density at radius 2 is 2.05 bits per heavy atom. The van der Waals surface area contributed by atoms with Gasteiger partial charge in [-0.2, -0.15) is 5.10 Å². The Morgan fingerprint density at radius 1 is 1.45 bits per heavy atom. The van der Waals surface area contributed by atoms with Crippen molar-refractivity contribution >= 4 is 11.9 Å². The first-order valence-electron chi connectivity index (χ1n) is 6.76. The molecule has 0 bridgehead atoms. The molecule has 6 heteroatoms. The molecular formula is C14H23N3O3. The topological polar surface area (TPSA) is 95.1 Å². The second-order valence-corrected chi connectivity index (χ2v) is 6.09. The van der Waals surface area contributed by atoms with Gasteiger partial charge in [-0.25, -0.2) is 4.79 Å². The lowest BCUT2D eigenvalue weighted by Crippen LogP contribution is -2.45. The van der Waals surface area contributed by atoms with Gasteiger partial charge in [0.1, 0.15) is 11.7 Å². The van der Waals surface area contributed by atoms with E-state index in [1.165, 1.54) is 0 Å². The Bertz CT molecular complexity index is 488. The molecule has 1 rings (SSSR count). The SMILES string of the molecule is CCC(C)C(NC(=O)c1cc(C(C)(C)C)[nH]n1)C(=O)O. The number of hydrogen-bond acceptors (Lipinski definition) is 3. The first-order valence-corrected chi connectivity index (χ1v) is 6.76. The molecule has 2 unspecified atom stereocenters. The van der Waals surface area contributed by atoms with Gasteiger partial charge in [0.25, 0.3) is 5.91 Å². The molecule has 3 N–H and O–H groups in total. The minimum absolute atomic E-state index is 0.141. The highest BCUT2D eigenvalue weighted by molar-refractivity contribution is 5.95. The van der Waals surface area contributed by atoms with Crippen molar-refractivity contribution in [2.45, 2.75) is 52.5 Å². The number of hydrogen-bond donors (Lipinski definition) is 3. The number of amides is 1. The first-order chi connectivity index (χ1) is 9.16. The molecule has 0 saturated carbocycles. The molecular weight excluding hydrogens is 258 g/mol. The Hall–Kier alpha value is -1.85. The highest BCUT2D eigenvalue weighted by Gasteiger charge is 2.27. The van der Waals surface area contributed by atoms with Gasteiger partial charge in [0.05, 0.1) is 0 Å². The number of carboxylic acids is 1. The van der Waals surface area contributed by atoms with Crippen molar-refractivity contribution in [1.29, 1.82) is 0 Å². The third kappa shape index (κ3) is 3.82. The van der Waals surface area contributed by atoms with Crippen molar-refractivity contribution in [1.82, 2.24) is 15.5 Å². The fourth-order valence-corrected chi connectivity index (χ4v) is 1.72. The van der Waals surface area contributed by atoms with Crippen molar-refractivity contribution in [3.63, 3.8) is 0 Å². The lowest BCUT2D eigenvalue weighted by molar-refractivity contribution is -0.140. The Kier molecular flexibility index (Phi) is 4.92. The number of H-pyrrole nitrogens is 1. The number of nitrogens with one attached hydrogen (secondary N) is 2. The average Bonchev–Trinajstić information content (AvgIpc) is 2.83. The summed E-state index contributed by atoms with van der Waals surface area (Å²) in [5.74, 6) is -1.64. The average molecular weight is 281 g/mol. The van der Waals surface area contributed by atoms with Crippen LogP contribution in [0, 0.1) is 5.92 Å². The number of aliphatic carboxylic acids is 1. The monoisotopic (exact) mass is 281 g/mol. The van der Waals surface area contributed by atoms with Gasteiger partial charge in [-0.05, 0) is 12.0 Å².